The lowest BCUT2D eigenvalue weighted by molar-refractivity contribution is 0.470. The molecule has 0 unspecified atom stereocenters. The van der Waals surface area contributed by atoms with Gasteiger partial charge in [-0.05, 0) is 12.1 Å². The molecule has 0 aliphatic heterocycles. The van der Waals surface area contributed by atoms with Gasteiger partial charge in [0.15, 0.2) is 11.6 Å². The third-order valence-corrected chi connectivity index (χ3v) is 2.68. The average molecular weight is 276 g/mol. The van der Waals surface area contributed by atoms with Crippen LogP contribution < -0.4 is 0 Å². The number of aromatic nitrogens is 2. The van der Waals surface area contributed by atoms with Gasteiger partial charge in [0.25, 0.3) is 0 Å². The highest BCUT2D eigenvalue weighted by molar-refractivity contribution is 6.41. The van der Waals surface area contributed by atoms with Crippen LogP contribution in [0.3, 0.4) is 0 Å². The molecule has 0 bridgehead atoms. The molecule has 0 saturated heterocycles. The monoisotopic (exact) mass is 274 g/mol. The predicted molar refractivity (Wildman–Crippen MR) is 64.2 cm³/mol. The van der Waals surface area contributed by atoms with E-state index in [4.69, 9.17) is 39.9 Å². The molecule has 0 radical (unpaired) electrons. The topological polar surface area (TPSA) is 46.0 Å². The van der Waals surface area contributed by atoms with E-state index in [0.29, 0.717) is 26.5 Å². The number of halogens is 3. The van der Waals surface area contributed by atoms with E-state index in [1.165, 1.54) is 12.4 Å². The third kappa shape index (κ3) is 2.21. The smallest absolute Gasteiger partial charge is 0.162 e. The van der Waals surface area contributed by atoms with E-state index in [9.17, 15) is 0 Å². The van der Waals surface area contributed by atoms with Crippen LogP contribution in [0, 0.1) is 0 Å². The third-order valence-electron chi connectivity index (χ3n) is 1.87. The quantitative estimate of drug-likeness (QED) is 0.861. The summed E-state index contributed by atoms with van der Waals surface area (Å²) < 4.78 is 0. The molecular weight excluding hydrogens is 270 g/mol. The van der Waals surface area contributed by atoms with Crippen LogP contribution in [0.5, 0.6) is 5.75 Å². The van der Waals surface area contributed by atoms with E-state index >= 15 is 0 Å². The predicted octanol–water partition coefficient (Wildman–Crippen LogP) is 3.81. The lowest BCUT2D eigenvalue weighted by atomic mass is 10.2. The van der Waals surface area contributed by atoms with Gasteiger partial charge in [-0.3, -0.25) is 0 Å². The van der Waals surface area contributed by atoms with Crippen molar-refractivity contribution in [2.45, 2.75) is 0 Å². The van der Waals surface area contributed by atoms with Gasteiger partial charge < -0.3 is 5.11 Å². The maximum atomic E-state index is 9.07. The fourth-order valence-electron chi connectivity index (χ4n) is 1.21. The van der Waals surface area contributed by atoms with Crippen LogP contribution in [-0.2, 0) is 0 Å². The normalized spacial score (nSPS) is 10.4. The Hall–Kier alpha value is -1.03. The summed E-state index contributed by atoms with van der Waals surface area (Å²) in [6, 6.07) is 3.11. The molecule has 6 heteroatoms. The van der Waals surface area contributed by atoms with Crippen molar-refractivity contribution in [3.05, 3.63) is 39.6 Å². The van der Waals surface area contributed by atoms with Gasteiger partial charge in [0, 0.05) is 5.02 Å². The summed E-state index contributed by atoms with van der Waals surface area (Å²) in [5.74, 6) is 0.314. The van der Waals surface area contributed by atoms with Crippen LogP contribution >= 0.6 is 34.8 Å². The molecular formula is C10H5Cl3N2O. The second-order valence-corrected chi connectivity index (χ2v) is 4.26. The first-order valence-corrected chi connectivity index (χ1v) is 5.37. The van der Waals surface area contributed by atoms with E-state index in [0.717, 1.165) is 0 Å². The zero-order valence-electron chi connectivity index (χ0n) is 7.78. The summed E-state index contributed by atoms with van der Waals surface area (Å²) in [7, 11) is 0. The molecule has 1 aromatic carbocycles. The van der Waals surface area contributed by atoms with Gasteiger partial charge in [-0.1, -0.05) is 34.8 Å². The van der Waals surface area contributed by atoms with Gasteiger partial charge in [0.05, 0.1) is 28.0 Å². The minimum atomic E-state index is -0.0232. The Morgan fingerprint density at radius 3 is 1.94 bits per heavy atom. The molecule has 82 valence electrons. The van der Waals surface area contributed by atoms with Gasteiger partial charge in [0.1, 0.15) is 0 Å². The summed E-state index contributed by atoms with van der Waals surface area (Å²) in [4.78, 5) is 7.85. The second kappa shape index (κ2) is 4.45. The highest BCUT2D eigenvalue weighted by Gasteiger charge is 2.12. The number of hydrogen-bond donors (Lipinski definition) is 1. The van der Waals surface area contributed by atoms with Crippen LogP contribution in [-0.4, -0.2) is 15.1 Å². The van der Waals surface area contributed by atoms with Gasteiger partial charge in [-0.15, -0.1) is 0 Å². The van der Waals surface area contributed by atoms with Crippen molar-refractivity contribution in [3.63, 3.8) is 0 Å². The van der Waals surface area contributed by atoms with Gasteiger partial charge in [-0.2, -0.15) is 0 Å². The summed E-state index contributed by atoms with van der Waals surface area (Å²) >= 11 is 17.8. The number of benzene rings is 1. The molecule has 0 atom stereocenters. The minimum absolute atomic E-state index is 0.0232. The summed E-state index contributed by atoms with van der Waals surface area (Å²) in [5.41, 5.74) is 0.493. The fourth-order valence-corrected chi connectivity index (χ4v) is 2.19. The number of nitrogens with zero attached hydrogens (tertiary/aromatic N) is 2. The molecule has 0 fully saturated rings. The number of rotatable bonds is 1. The lowest BCUT2D eigenvalue weighted by Gasteiger charge is -2.05. The molecule has 16 heavy (non-hydrogen) atoms. The molecule has 0 aliphatic rings. The Kier molecular flexibility index (Phi) is 3.19. The van der Waals surface area contributed by atoms with Crippen LogP contribution in [0.2, 0.25) is 15.1 Å². The van der Waals surface area contributed by atoms with E-state index in [1.54, 1.807) is 12.1 Å². The molecule has 0 amide bonds. The maximum absolute atomic E-state index is 9.07. The van der Waals surface area contributed by atoms with Crippen LogP contribution in [0.4, 0.5) is 0 Å². The first-order chi connectivity index (χ1) is 7.58. The fraction of sp³-hybridized carbons (Fsp3) is 0. The van der Waals surface area contributed by atoms with E-state index in [2.05, 4.69) is 9.97 Å². The van der Waals surface area contributed by atoms with Crippen LogP contribution in [0.1, 0.15) is 0 Å². The molecule has 2 aromatic rings. The summed E-state index contributed by atoms with van der Waals surface area (Å²) in [5, 5.41) is 10.2. The molecule has 1 aromatic heterocycles. The van der Waals surface area contributed by atoms with Gasteiger partial charge >= 0.3 is 0 Å². The number of aromatic hydroxyl groups is 1. The van der Waals surface area contributed by atoms with Crippen LogP contribution in [0.15, 0.2) is 24.5 Å². The van der Waals surface area contributed by atoms with Crippen molar-refractivity contribution < 1.29 is 5.11 Å². The van der Waals surface area contributed by atoms with E-state index in [-0.39, 0.29) is 5.75 Å². The molecule has 0 aliphatic carbocycles. The second-order valence-electron chi connectivity index (χ2n) is 3.01. The minimum Gasteiger partial charge on any atom is -0.505 e. The Morgan fingerprint density at radius 1 is 0.938 bits per heavy atom. The van der Waals surface area contributed by atoms with Crippen molar-refractivity contribution in [3.8, 4) is 17.1 Å². The first-order valence-electron chi connectivity index (χ1n) is 4.24. The van der Waals surface area contributed by atoms with Crippen molar-refractivity contribution in [1.29, 1.82) is 0 Å². The Labute approximate surface area is 107 Å². The van der Waals surface area contributed by atoms with Crippen molar-refractivity contribution in [1.82, 2.24) is 9.97 Å². The Morgan fingerprint density at radius 2 is 1.44 bits per heavy atom. The summed E-state index contributed by atoms with van der Waals surface area (Å²) in [6.45, 7) is 0. The highest BCUT2D eigenvalue weighted by Crippen LogP contribution is 2.35. The summed E-state index contributed by atoms with van der Waals surface area (Å²) in [6.07, 6.45) is 2.53. The number of hydrogen-bond acceptors (Lipinski definition) is 3. The maximum Gasteiger partial charge on any atom is 0.162 e. The van der Waals surface area contributed by atoms with E-state index < -0.39 is 0 Å². The first kappa shape index (κ1) is 11.5. The van der Waals surface area contributed by atoms with Gasteiger partial charge in [-0.25, -0.2) is 9.97 Å². The van der Waals surface area contributed by atoms with Crippen molar-refractivity contribution in [2.24, 2.45) is 0 Å². The van der Waals surface area contributed by atoms with Crippen LogP contribution in [0.25, 0.3) is 11.4 Å². The SMILES string of the molecule is Oc1cnc(-c2c(Cl)cc(Cl)cc2Cl)nc1. The van der Waals surface area contributed by atoms with Gasteiger partial charge in [0.2, 0.25) is 0 Å². The Balaban J connectivity index is 2.60. The lowest BCUT2D eigenvalue weighted by Crippen LogP contribution is -1.89. The molecule has 0 spiro atoms. The largest absolute Gasteiger partial charge is 0.505 e. The molecule has 1 N–H and O–H groups in total. The standard InChI is InChI=1S/C10H5Cl3N2O/c11-5-1-7(12)9(8(13)2-5)10-14-3-6(16)4-15-10/h1-4,16H. The average Bonchev–Trinajstić information content (AvgIpc) is 2.19. The molecule has 1 heterocycles. The van der Waals surface area contributed by atoms with Crippen molar-refractivity contribution >= 4 is 34.8 Å². The zero-order valence-corrected chi connectivity index (χ0v) is 10.1. The highest BCUT2D eigenvalue weighted by atomic mass is 35.5. The molecule has 3 nitrogen and oxygen atoms in total. The Bertz CT molecular complexity index is 505. The zero-order chi connectivity index (χ0) is 11.7. The molecule has 0 saturated carbocycles. The van der Waals surface area contributed by atoms with E-state index in [1.807, 2.05) is 0 Å². The molecule has 2 rings (SSSR count). The van der Waals surface area contributed by atoms with Crippen molar-refractivity contribution in [2.75, 3.05) is 0 Å².